The molecule has 1 aliphatic rings. The standard InChI is InChI=1S/C15H23N5/c1-2-16-13-12-20-11-8-17-14(20)15(18-13)19-9-6-4-3-5-7-10-19/h8,11-12,16H,2-7,9-10H2,1H3. The minimum Gasteiger partial charge on any atom is -0.369 e. The molecule has 20 heavy (non-hydrogen) atoms. The van der Waals surface area contributed by atoms with Crippen molar-refractivity contribution in [3.8, 4) is 0 Å². The molecule has 1 N–H and O–H groups in total. The molecule has 0 aliphatic carbocycles. The second-order valence-corrected chi connectivity index (χ2v) is 5.39. The molecule has 108 valence electrons. The van der Waals surface area contributed by atoms with E-state index in [1.165, 1.54) is 32.1 Å². The first-order valence-electron chi connectivity index (χ1n) is 7.71. The molecule has 0 bridgehead atoms. The minimum absolute atomic E-state index is 0.882. The summed E-state index contributed by atoms with van der Waals surface area (Å²) < 4.78 is 2.07. The summed E-state index contributed by atoms with van der Waals surface area (Å²) in [5.41, 5.74) is 0.965. The SMILES string of the molecule is CCNc1cn2ccnc2c(N2CCCCCCC2)n1. The summed E-state index contributed by atoms with van der Waals surface area (Å²) in [7, 11) is 0. The number of imidazole rings is 1. The maximum atomic E-state index is 4.79. The summed E-state index contributed by atoms with van der Waals surface area (Å²) in [4.78, 5) is 11.7. The molecule has 0 aromatic carbocycles. The Bertz CT molecular complexity index is 554. The minimum atomic E-state index is 0.882. The molecule has 3 rings (SSSR count). The molecule has 0 saturated carbocycles. The third-order valence-electron chi connectivity index (χ3n) is 3.87. The Hall–Kier alpha value is -1.78. The molecular weight excluding hydrogens is 250 g/mol. The lowest BCUT2D eigenvalue weighted by molar-refractivity contribution is 0.554. The molecule has 1 fully saturated rings. The van der Waals surface area contributed by atoms with E-state index >= 15 is 0 Å². The largest absolute Gasteiger partial charge is 0.369 e. The number of anilines is 2. The van der Waals surface area contributed by atoms with Crippen molar-refractivity contribution >= 4 is 17.3 Å². The average molecular weight is 273 g/mol. The first-order chi connectivity index (χ1) is 9.88. The molecule has 3 heterocycles. The highest BCUT2D eigenvalue weighted by atomic mass is 15.2. The number of fused-ring (bicyclic) bond motifs is 1. The Balaban J connectivity index is 1.96. The molecular formula is C15H23N5. The molecule has 5 nitrogen and oxygen atoms in total. The van der Waals surface area contributed by atoms with Crippen molar-refractivity contribution in [1.82, 2.24) is 14.4 Å². The highest BCUT2D eigenvalue weighted by Gasteiger charge is 2.16. The maximum Gasteiger partial charge on any atom is 0.180 e. The first kappa shape index (κ1) is 13.2. The number of hydrogen-bond acceptors (Lipinski definition) is 4. The van der Waals surface area contributed by atoms with Crippen LogP contribution in [0.4, 0.5) is 11.6 Å². The van der Waals surface area contributed by atoms with Crippen molar-refractivity contribution < 1.29 is 0 Å². The van der Waals surface area contributed by atoms with Crippen LogP contribution in [0.2, 0.25) is 0 Å². The lowest BCUT2D eigenvalue weighted by Gasteiger charge is -2.26. The Kier molecular flexibility index (Phi) is 4.04. The van der Waals surface area contributed by atoms with Crippen molar-refractivity contribution in [1.29, 1.82) is 0 Å². The van der Waals surface area contributed by atoms with Gasteiger partial charge in [0.15, 0.2) is 11.5 Å². The lowest BCUT2D eigenvalue weighted by atomic mass is 10.1. The zero-order valence-electron chi connectivity index (χ0n) is 12.2. The second kappa shape index (κ2) is 6.11. The van der Waals surface area contributed by atoms with Gasteiger partial charge in [0.05, 0.1) is 6.20 Å². The predicted octanol–water partition coefficient (Wildman–Crippen LogP) is 2.93. The van der Waals surface area contributed by atoms with Gasteiger partial charge in [-0.1, -0.05) is 19.3 Å². The zero-order valence-corrected chi connectivity index (χ0v) is 12.2. The van der Waals surface area contributed by atoms with E-state index in [0.717, 1.165) is 36.9 Å². The van der Waals surface area contributed by atoms with Gasteiger partial charge in [-0.3, -0.25) is 0 Å². The van der Waals surface area contributed by atoms with Crippen LogP contribution in [0.25, 0.3) is 5.65 Å². The second-order valence-electron chi connectivity index (χ2n) is 5.39. The van der Waals surface area contributed by atoms with E-state index in [2.05, 4.69) is 26.5 Å². The third kappa shape index (κ3) is 2.71. The molecule has 0 spiro atoms. The number of rotatable bonds is 3. The van der Waals surface area contributed by atoms with E-state index in [4.69, 9.17) is 4.98 Å². The summed E-state index contributed by atoms with van der Waals surface area (Å²) in [5, 5.41) is 3.31. The van der Waals surface area contributed by atoms with Gasteiger partial charge in [0.1, 0.15) is 5.82 Å². The van der Waals surface area contributed by atoms with Crippen LogP contribution in [0.3, 0.4) is 0 Å². The summed E-state index contributed by atoms with van der Waals surface area (Å²) in [6, 6.07) is 0. The van der Waals surface area contributed by atoms with Gasteiger partial charge in [0, 0.05) is 32.0 Å². The number of nitrogens with zero attached hydrogens (tertiary/aromatic N) is 4. The quantitative estimate of drug-likeness (QED) is 0.934. The number of nitrogens with one attached hydrogen (secondary N) is 1. The molecule has 0 amide bonds. The van der Waals surface area contributed by atoms with Gasteiger partial charge in [0.2, 0.25) is 0 Å². The summed E-state index contributed by atoms with van der Waals surface area (Å²) in [5.74, 6) is 1.95. The highest BCUT2D eigenvalue weighted by molar-refractivity contribution is 5.66. The van der Waals surface area contributed by atoms with E-state index in [9.17, 15) is 0 Å². The molecule has 0 atom stereocenters. The summed E-state index contributed by atoms with van der Waals surface area (Å²) in [6.45, 7) is 5.15. The average Bonchev–Trinajstić information content (AvgIpc) is 2.86. The molecule has 2 aromatic rings. The van der Waals surface area contributed by atoms with Crippen LogP contribution in [0.1, 0.15) is 39.0 Å². The number of aromatic nitrogens is 3. The summed E-state index contributed by atoms with van der Waals surface area (Å²) in [6.07, 6.45) is 12.4. The maximum absolute atomic E-state index is 4.79. The van der Waals surface area contributed by atoms with Gasteiger partial charge in [-0.2, -0.15) is 0 Å². The van der Waals surface area contributed by atoms with Crippen molar-refractivity contribution in [2.24, 2.45) is 0 Å². The molecule has 1 saturated heterocycles. The van der Waals surface area contributed by atoms with E-state index in [1.807, 2.05) is 18.6 Å². The highest BCUT2D eigenvalue weighted by Crippen LogP contribution is 2.23. The third-order valence-corrected chi connectivity index (χ3v) is 3.87. The van der Waals surface area contributed by atoms with Crippen LogP contribution in [-0.2, 0) is 0 Å². The van der Waals surface area contributed by atoms with Crippen LogP contribution >= 0.6 is 0 Å². The molecule has 0 radical (unpaired) electrons. The van der Waals surface area contributed by atoms with Crippen molar-refractivity contribution in [3.63, 3.8) is 0 Å². The van der Waals surface area contributed by atoms with E-state index in [-0.39, 0.29) is 0 Å². The van der Waals surface area contributed by atoms with Crippen molar-refractivity contribution in [3.05, 3.63) is 18.6 Å². The van der Waals surface area contributed by atoms with E-state index < -0.39 is 0 Å². The number of hydrogen-bond donors (Lipinski definition) is 1. The van der Waals surface area contributed by atoms with Crippen LogP contribution < -0.4 is 10.2 Å². The Morgan fingerprint density at radius 3 is 2.65 bits per heavy atom. The van der Waals surface area contributed by atoms with Crippen LogP contribution in [0.5, 0.6) is 0 Å². The fraction of sp³-hybridized carbons (Fsp3) is 0.600. The zero-order chi connectivity index (χ0) is 13.8. The van der Waals surface area contributed by atoms with Crippen LogP contribution in [0.15, 0.2) is 18.6 Å². The van der Waals surface area contributed by atoms with Gasteiger partial charge < -0.3 is 14.6 Å². The predicted molar refractivity (Wildman–Crippen MR) is 82.4 cm³/mol. The topological polar surface area (TPSA) is 45.5 Å². The Labute approximate surface area is 120 Å². The van der Waals surface area contributed by atoms with Crippen molar-refractivity contribution in [2.45, 2.75) is 39.0 Å². The fourth-order valence-electron chi connectivity index (χ4n) is 2.85. The molecule has 0 unspecified atom stereocenters. The van der Waals surface area contributed by atoms with Gasteiger partial charge in [-0.25, -0.2) is 9.97 Å². The van der Waals surface area contributed by atoms with Gasteiger partial charge >= 0.3 is 0 Å². The fourth-order valence-corrected chi connectivity index (χ4v) is 2.85. The van der Waals surface area contributed by atoms with Gasteiger partial charge in [-0.05, 0) is 19.8 Å². The van der Waals surface area contributed by atoms with Crippen LogP contribution in [-0.4, -0.2) is 34.0 Å². The molecule has 2 aromatic heterocycles. The van der Waals surface area contributed by atoms with Gasteiger partial charge in [0.25, 0.3) is 0 Å². The van der Waals surface area contributed by atoms with Gasteiger partial charge in [-0.15, -0.1) is 0 Å². The Morgan fingerprint density at radius 1 is 1.15 bits per heavy atom. The smallest absolute Gasteiger partial charge is 0.180 e. The van der Waals surface area contributed by atoms with E-state index in [1.54, 1.807) is 0 Å². The lowest BCUT2D eigenvalue weighted by Crippen LogP contribution is -2.28. The van der Waals surface area contributed by atoms with Crippen LogP contribution in [0, 0.1) is 0 Å². The Morgan fingerprint density at radius 2 is 1.90 bits per heavy atom. The monoisotopic (exact) mass is 273 g/mol. The van der Waals surface area contributed by atoms with E-state index in [0.29, 0.717) is 0 Å². The molecule has 5 heteroatoms. The summed E-state index contributed by atoms with van der Waals surface area (Å²) >= 11 is 0. The normalized spacial score (nSPS) is 16.9. The first-order valence-corrected chi connectivity index (χ1v) is 7.71. The van der Waals surface area contributed by atoms with Crippen molar-refractivity contribution in [2.75, 3.05) is 29.9 Å². The molecule has 1 aliphatic heterocycles.